The molecule has 3 aliphatic rings. The van der Waals surface area contributed by atoms with Gasteiger partial charge in [0.05, 0.1) is 16.6 Å². The highest BCUT2D eigenvalue weighted by Crippen LogP contribution is 2.64. The molecule has 1 amide bonds. The molecular formula is C30H28N4O. The molecule has 2 aliphatic heterocycles. The zero-order chi connectivity index (χ0) is 23.4. The van der Waals surface area contributed by atoms with Crippen LogP contribution in [0.25, 0.3) is 23.1 Å². The van der Waals surface area contributed by atoms with Crippen molar-refractivity contribution < 1.29 is 4.79 Å². The molecule has 7 rings (SSSR count). The molecule has 0 radical (unpaired) electrons. The highest BCUT2D eigenvalue weighted by Gasteiger charge is 2.65. The van der Waals surface area contributed by atoms with Crippen molar-refractivity contribution in [2.75, 3.05) is 18.4 Å². The molecule has 2 fully saturated rings. The number of aromatic amines is 1. The Morgan fingerprint density at radius 3 is 2.69 bits per heavy atom. The summed E-state index contributed by atoms with van der Waals surface area (Å²) in [6.07, 6.45) is 7.71. The van der Waals surface area contributed by atoms with Gasteiger partial charge in [-0.3, -0.25) is 14.8 Å². The first-order valence-corrected chi connectivity index (χ1v) is 12.6. The standard InChI is InChI=1S/C30H28N4O/c35-29-30(24-5-1-2-6-27(24)31-29)18-25(30)22-12-13-23-26(32-33-28(23)17-22)14-11-20-7-9-21(10-8-20)19-34-15-3-4-16-34/h1-2,5-14,17,25H,3-4,15-16,18-19H2,(H,31,35)(H,32,33)/t25-,30-/m0/s1. The fourth-order valence-electron chi connectivity index (χ4n) is 6.06. The van der Waals surface area contributed by atoms with Gasteiger partial charge in [-0.1, -0.05) is 60.7 Å². The van der Waals surface area contributed by atoms with Crippen LogP contribution in [0.15, 0.2) is 66.7 Å². The Labute approximate surface area is 204 Å². The molecule has 4 aromatic rings. The Kier molecular flexibility index (Phi) is 4.68. The number of hydrogen-bond acceptors (Lipinski definition) is 3. The molecule has 5 nitrogen and oxygen atoms in total. The van der Waals surface area contributed by atoms with E-state index in [1.807, 2.05) is 18.2 Å². The van der Waals surface area contributed by atoms with Crippen LogP contribution in [0, 0.1) is 0 Å². The van der Waals surface area contributed by atoms with Crippen LogP contribution in [0.5, 0.6) is 0 Å². The maximum absolute atomic E-state index is 12.9. The average molecular weight is 461 g/mol. The minimum Gasteiger partial charge on any atom is -0.325 e. The van der Waals surface area contributed by atoms with Gasteiger partial charge in [-0.25, -0.2) is 0 Å². The summed E-state index contributed by atoms with van der Waals surface area (Å²) in [7, 11) is 0. The van der Waals surface area contributed by atoms with Crippen molar-refractivity contribution in [3.63, 3.8) is 0 Å². The fraction of sp³-hybridized carbons (Fsp3) is 0.267. The molecular weight excluding hydrogens is 432 g/mol. The van der Waals surface area contributed by atoms with Crippen LogP contribution < -0.4 is 5.32 Å². The predicted octanol–water partition coefficient (Wildman–Crippen LogP) is 5.71. The van der Waals surface area contributed by atoms with Crippen molar-refractivity contribution in [2.45, 2.75) is 37.1 Å². The number of amides is 1. The number of rotatable bonds is 5. The molecule has 2 atom stereocenters. The van der Waals surface area contributed by atoms with Crippen molar-refractivity contribution in [1.82, 2.24) is 15.1 Å². The van der Waals surface area contributed by atoms with Crippen LogP contribution in [0.2, 0.25) is 0 Å². The second-order valence-corrected chi connectivity index (χ2v) is 10.2. The van der Waals surface area contributed by atoms with E-state index in [0.29, 0.717) is 0 Å². The second kappa shape index (κ2) is 7.92. The number of nitrogens with one attached hydrogen (secondary N) is 2. The van der Waals surface area contributed by atoms with Gasteiger partial charge < -0.3 is 5.32 Å². The van der Waals surface area contributed by atoms with Crippen molar-refractivity contribution in [2.24, 2.45) is 0 Å². The topological polar surface area (TPSA) is 61.0 Å². The number of likely N-dealkylation sites (tertiary alicyclic amines) is 1. The minimum atomic E-state index is -0.409. The number of para-hydroxylation sites is 1. The number of anilines is 1. The molecule has 174 valence electrons. The highest BCUT2D eigenvalue weighted by molar-refractivity contribution is 6.09. The summed E-state index contributed by atoms with van der Waals surface area (Å²) < 4.78 is 0. The van der Waals surface area contributed by atoms with Crippen molar-refractivity contribution in [1.29, 1.82) is 0 Å². The van der Waals surface area contributed by atoms with Gasteiger partial charge in [0.25, 0.3) is 0 Å². The monoisotopic (exact) mass is 460 g/mol. The number of nitrogens with zero attached hydrogens (tertiary/aromatic N) is 2. The predicted molar refractivity (Wildman–Crippen MR) is 140 cm³/mol. The number of carbonyl (C=O) groups excluding carboxylic acids is 1. The second-order valence-electron chi connectivity index (χ2n) is 10.2. The maximum Gasteiger partial charge on any atom is 0.235 e. The largest absolute Gasteiger partial charge is 0.325 e. The van der Waals surface area contributed by atoms with Crippen LogP contribution in [-0.2, 0) is 16.8 Å². The van der Waals surface area contributed by atoms with Crippen LogP contribution in [0.3, 0.4) is 0 Å². The van der Waals surface area contributed by atoms with Gasteiger partial charge in [-0.05, 0) is 72.8 Å². The first kappa shape index (κ1) is 20.7. The molecule has 35 heavy (non-hydrogen) atoms. The summed E-state index contributed by atoms with van der Waals surface area (Å²) in [4.78, 5) is 15.4. The van der Waals surface area contributed by atoms with Crippen molar-refractivity contribution in [3.8, 4) is 0 Å². The van der Waals surface area contributed by atoms with Gasteiger partial charge in [0, 0.05) is 23.5 Å². The molecule has 3 aromatic carbocycles. The number of benzene rings is 3. The zero-order valence-corrected chi connectivity index (χ0v) is 19.6. The third-order valence-corrected chi connectivity index (χ3v) is 8.06. The van der Waals surface area contributed by atoms with Gasteiger partial charge >= 0.3 is 0 Å². The summed E-state index contributed by atoms with van der Waals surface area (Å²) >= 11 is 0. The third kappa shape index (κ3) is 3.41. The molecule has 1 aliphatic carbocycles. The lowest BCUT2D eigenvalue weighted by Crippen LogP contribution is -2.20. The molecule has 1 spiro atoms. The van der Waals surface area contributed by atoms with E-state index < -0.39 is 5.41 Å². The van der Waals surface area contributed by atoms with Gasteiger partial charge in [0.15, 0.2) is 0 Å². The number of hydrogen-bond donors (Lipinski definition) is 2. The Morgan fingerprint density at radius 1 is 1.00 bits per heavy atom. The van der Waals surface area contributed by atoms with E-state index in [1.165, 1.54) is 42.6 Å². The summed E-state index contributed by atoms with van der Waals surface area (Å²) in [5.74, 6) is 0.334. The summed E-state index contributed by atoms with van der Waals surface area (Å²) in [5.41, 5.74) is 7.37. The van der Waals surface area contributed by atoms with E-state index in [9.17, 15) is 4.79 Å². The smallest absolute Gasteiger partial charge is 0.235 e. The average Bonchev–Trinajstić information content (AvgIpc) is 3.13. The van der Waals surface area contributed by atoms with Crippen LogP contribution >= 0.6 is 0 Å². The van der Waals surface area contributed by atoms with E-state index in [-0.39, 0.29) is 11.8 Å². The first-order chi connectivity index (χ1) is 17.2. The first-order valence-electron chi connectivity index (χ1n) is 12.6. The normalized spacial score (nSPS) is 23.4. The lowest BCUT2D eigenvalue weighted by molar-refractivity contribution is -0.118. The van der Waals surface area contributed by atoms with Crippen LogP contribution in [0.1, 0.15) is 53.1 Å². The Hall–Kier alpha value is -3.70. The molecule has 0 unspecified atom stereocenters. The summed E-state index contributed by atoms with van der Waals surface area (Å²) in [6, 6.07) is 23.4. The lowest BCUT2D eigenvalue weighted by atomic mass is 9.92. The highest BCUT2D eigenvalue weighted by atomic mass is 16.2. The molecule has 1 saturated heterocycles. The Morgan fingerprint density at radius 2 is 1.83 bits per heavy atom. The SMILES string of the molecule is O=C1Nc2ccccc2[C@]12C[C@H]2c1ccc2c(C=Cc3ccc(CN4CCCC4)cc3)n[nH]c2c1. The molecule has 1 saturated carbocycles. The molecule has 3 heterocycles. The number of carbonyl (C=O) groups is 1. The number of aromatic nitrogens is 2. The minimum absolute atomic E-state index is 0.128. The Balaban J connectivity index is 1.09. The van der Waals surface area contributed by atoms with Crippen LogP contribution in [-0.4, -0.2) is 34.1 Å². The van der Waals surface area contributed by atoms with E-state index >= 15 is 0 Å². The van der Waals surface area contributed by atoms with E-state index in [0.717, 1.165) is 40.8 Å². The number of fused-ring (bicyclic) bond motifs is 3. The summed E-state index contributed by atoms with van der Waals surface area (Å²) in [5, 5.41) is 11.9. The summed E-state index contributed by atoms with van der Waals surface area (Å²) in [6.45, 7) is 3.49. The fourth-order valence-corrected chi connectivity index (χ4v) is 6.06. The van der Waals surface area contributed by atoms with Gasteiger partial charge in [-0.2, -0.15) is 5.10 Å². The molecule has 2 N–H and O–H groups in total. The zero-order valence-electron chi connectivity index (χ0n) is 19.6. The maximum atomic E-state index is 12.9. The van der Waals surface area contributed by atoms with Crippen LogP contribution in [0.4, 0.5) is 5.69 Å². The molecule has 0 bridgehead atoms. The molecule has 5 heteroatoms. The molecule has 1 aromatic heterocycles. The number of H-pyrrole nitrogens is 1. The third-order valence-electron chi connectivity index (χ3n) is 8.06. The van der Waals surface area contributed by atoms with E-state index in [1.54, 1.807) is 0 Å². The van der Waals surface area contributed by atoms with Crippen molar-refractivity contribution in [3.05, 3.63) is 94.7 Å². The van der Waals surface area contributed by atoms with Crippen molar-refractivity contribution >= 4 is 34.6 Å². The van der Waals surface area contributed by atoms with Gasteiger partial charge in [0.2, 0.25) is 5.91 Å². The quantitative estimate of drug-likeness (QED) is 0.401. The van der Waals surface area contributed by atoms with E-state index in [2.05, 4.69) is 81.1 Å². The van der Waals surface area contributed by atoms with Gasteiger partial charge in [-0.15, -0.1) is 0 Å². The van der Waals surface area contributed by atoms with Gasteiger partial charge in [0.1, 0.15) is 0 Å². The van der Waals surface area contributed by atoms with E-state index in [4.69, 9.17) is 0 Å². The lowest BCUT2D eigenvalue weighted by Gasteiger charge is -2.14. The Bertz CT molecular complexity index is 1460.